The van der Waals surface area contributed by atoms with Crippen molar-refractivity contribution in [1.29, 1.82) is 0 Å². The maximum atomic E-state index is 13.3. The Morgan fingerprint density at radius 3 is 2.56 bits per heavy atom. The number of benzene rings is 1. The van der Waals surface area contributed by atoms with E-state index >= 15 is 0 Å². The molecule has 7 nitrogen and oxygen atoms in total. The van der Waals surface area contributed by atoms with Crippen molar-refractivity contribution in [3.05, 3.63) is 46.7 Å². The number of epoxide rings is 1. The first-order valence-corrected chi connectivity index (χ1v) is 17.4. The van der Waals surface area contributed by atoms with Crippen molar-refractivity contribution < 1.29 is 29.2 Å². The van der Waals surface area contributed by atoms with Gasteiger partial charge in [0.15, 0.2) is 11.9 Å². The number of fused-ring (bicyclic) bond motifs is 9. The zero-order valence-electron chi connectivity index (χ0n) is 28.0. The molecule has 1 aromatic heterocycles. The molecule has 3 saturated heterocycles. The summed E-state index contributed by atoms with van der Waals surface area (Å²) in [5.74, 6) is 0.388. The van der Waals surface area contributed by atoms with Crippen LogP contribution in [-0.4, -0.2) is 73.7 Å². The van der Waals surface area contributed by atoms with Crippen LogP contribution in [0.2, 0.25) is 0 Å². The average molecular weight is 640 g/mol. The van der Waals surface area contributed by atoms with Gasteiger partial charge in [0, 0.05) is 33.8 Å². The van der Waals surface area contributed by atoms with Crippen LogP contribution >= 0.6 is 11.6 Å². The van der Waals surface area contributed by atoms with E-state index in [9.17, 15) is 10.2 Å². The minimum Gasteiger partial charge on any atom is -0.391 e. The van der Waals surface area contributed by atoms with Gasteiger partial charge in [0.1, 0.15) is 23.9 Å². The molecule has 11 atom stereocenters. The molecule has 246 valence electrons. The van der Waals surface area contributed by atoms with E-state index in [1.807, 2.05) is 33.8 Å². The van der Waals surface area contributed by atoms with E-state index in [-0.39, 0.29) is 29.8 Å². The van der Waals surface area contributed by atoms with Gasteiger partial charge >= 0.3 is 0 Å². The molecule has 0 radical (unpaired) electrons. The highest BCUT2D eigenvalue weighted by molar-refractivity contribution is 6.23. The van der Waals surface area contributed by atoms with Crippen molar-refractivity contribution in [2.75, 3.05) is 0 Å². The number of ether oxygens (including phenoxy) is 4. The Morgan fingerprint density at radius 1 is 1.09 bits per heavy atom. The summed E-state index contributed by atoms with van der Waals surface area (Å²) >= 11 is 6.54. The standard InChI is InChI=1S/C37H50ClNO6/c1-19(2)16-26-43-28-30(33(5,6)44-26)42-25-13-14-34(7)35(8)21(12-15-36(34,41)37(25)31(28)45-37)18-22-27-20(17-24(40)32(3,4)38)10-9-11-23(27)39-29(22)35/h9-11,16,21,24-26,28,30-31,39-41H,12-15,17-18H2,1-8H3/t21-,24-,25-,26-,28+,30-,31+,34+,35+,36-,37-/m0/s1. The first-order valence-electron chi connectivity index (χ1n) is 17.0. The quantitative estimate of drug-likeness (QED) is 0.208. The zero-order chi connectivity index (χ0) is 32.1. The Balaban J connectivity index is 1.19. The lowest BCUT2D eigenvalue weighted by Gasteiger charge is -2.66. The van der Waals surface area contributed by atoms with Crippen molar-refractivity contribution in [3.8, 4) is 0 Å². The highest BCUT2D eigenvalue weighted by Gasteiger charge is 2.87. The van der Waals surface area contributed by atoms with Crippen molar-refractivity contribution in [2.45, 2.75) is 158 Å². The number of aliphatic hydroxyl groups is 2. The molecule has 3 N–H and O–H groups in total. The average Bonchev–Trinajstić information content (AvgIpc) is 3.51. The number of hydrogen-bond acceptors (Lipinski definition) is 6. The Bertz CT molecular complexity index is 1590. The number of aliphatic hydroxyl groups excluding tert-OH is 1. The smallest absolute Gasteiger partial charge is 0.178 e. The second kappa shape index (κ2) is 9.37. The molecule has 8 heteroatoms. The van der Waals surface area contributed by atoms with Gasteiger partial charge in [-0.3, -0.25) is 0 Å². The first kappa shape index (κ1) is 30.9. The lowest BCUT2D eigenvalue weighted by Crippen LogP contribution is -2.77. The van der Waals surface area contributed by atoms with Crippen molar-refractivity contribution in [2.24, 2.45) is 11.3 Å². The van der Waals surface area contributed by atoms with Crippen LogP contribution < -0.4 is 0 Å². The van der Waals surface area contributed by atoms with Gasteiger partial charge in [-0.15, -0.1) is 11.6 Å². The maximum absolute atomic E-state index is 13.3. The van der Waals surface area contributed by atoms with Crippen LogP contribution in [-0.2, 0) is 37.2 Å². The largest absolute Gasteiger partial charge is 0.391 e. The van der Waals surface area contributed by atoms with Crippen LogP contribution in [0, 0.1) is 11.3 Å². The second-order valence-electron chi connectivity index (χ2n) is 16.8. The summed E-state index contributed by atoms with van der Waals surface area (Å²) in [6.07, 6.45) is 4.47. The van der Waals surface area contributed by atoms with E-state index in [0.29, 0.717) is 18.8 Å². The summed E-state index contributed by atoms with van der Waals surface area (Å²) in [5, 5.41) is 25.5. The number of hydrogen-bond donors (Lipinski definition) is 3. The highest BCUT2D eigenvalue weighted by Crippen LogP contribution is 2.75. The van der Waals surface area contributed by atoms with Gasteiger partial charge in [0.25, 0.3) is 0 Å². The predicted octanol–water partition coefficient (Wildman–Crippen LogP) is 6.24. The molecule has 8 rings (SSSR count). The molecule has 1 aromatic carbocycles. The molecule has 45 heavy (non-hydrogen) atoms. The number of aromatic amines is 1. The molecule has 4 heterocycles. The van der Waals surface area contributed by atoms with Crippen LogP contribution in [0.15, 0.2) is 29.8 Å². The van der Waals surface area contributed by atoms with Crippen LogP contribution in [0.4, 0.5) is 0 Å². The van der Waals surface area contributed by atoms with Gasteiger partial charge in [0.2, 0.25) is 0 Å². The minimum absolute atomic E-state index is 0.218. The molecule has 6 aliphatic rings. The number of aromatic nitrogens is 1. The maximum Gasteiger partial charge on any atom is 0.178 e. The first-order chi connectivity index (χ1) is 21.0. The lowest BCUT2D eigenvalue weighted by atomic mass is 9.40. The van der Waals surface area contributed by atoms with Crippen LogP contribution in [0.25, 0.3) is 10.9 Å². The summed E-state index contributed by atoms with van der Waals surface area (Å²) in [4.78, 5) is 3.15. The third-order valence-corrected chi connectivity index (χ3v) is 13.7. The highest BCUT2D eigenvalue weighted by atomic mass is 35.5. The van der Waals surface area contributed by atoms with E-state index in [1.54, 1.807) is 0 Å². The second-order valence-corrected chi connectivity index (χ2v) is 17.8. The molecular weight excluding hydrogens is 590 g/mol. The minimum atomic E-state index is -1.10. The van der Waals surface area contributed by atoms with Crippen molar-refractivity contribution in [1.82, 2.24) is 4.98 Å². The molecule has 0 amide bonds. The molecule has 3 aliphatic heterocycles. The summed E-state index contributed by atoms with van der Waals surface area (Å²) in [7, 11) is 0. The van der Waals surface area contributed by atoms with E-state index < -0.39 is 39.5 Å². The Kier molecular flexibility index (Phi) is 6.42. The van der Waals surface area contributed by atoms with Crippen LogP contribution in [0.3, 0.4) is 0 Å². The Morgan fingerprint density at radius 2 is 1.84 bits per heavy atom. The molecule has 2 saturated carbocycles. The van der Waals surface area contributed by atoms with E-state index in [4.69, 9.17) is 30.5 Å². The number of nitrogens with one attached hydrogen (secondary N) is 1. The van der Waals surface area contributed by atoms with Gasteiger partial charge in [-0.05, 0) is 103 Å². The van der Waals surface area contributed by atoms with Crippen molar-refractivity contribution >= 4 is 22.5 Å². The van der Waals surface area contributed by atoms with Gasteiger partial charge in [-0.2, -0.15) is 0 Å². The van der Waals surface area contributed by atoms with E-state index in [1.165, 1.54) is 16.6 Å². The molecule has 1 spiro atoms. The van der Waals surface area contributed by atoms with Crippen LogP contribution in [0.1, 0.15) is 97.9 Å². The number of allylic oxidation sites excluding steroid dienone is 1. The number of halogens is 1. The fourth-order valence-corrected chi connectivity index (χ4v) is 10.9. The van der Waals surface area contributed by atoms with E-state index in [0.717, 1.165) is 42.3 Å². The van der Waals surface area contributed by atoms with Gasteiger partial charge in [-0.1, -0.05) is 31.6 Å². The fourth-order valence-electron chi connectivity index (χ4n) is 10.8. The number of rotatable bonds is 4. The molecule has 0 unspecified atom stereocenters. The fraction of sp³-hybridized carbons (Fsp3) is 0.730. The van der Waals surface area contributed by atoms with Gasteiger partial charge in [0.05, 0.1) is 22.7 Å². The van der Waals surface area contributed by atoms with Gasteiger partial charge in [-0.25, -0.2) is 0 Å². The Labute approximate surface area is 272 Å². The monoisotopic (exact) mass is 639 g/mol. The van der Waals surface area contributed by atoms with Crippen molar-refractivity contribution in [3.63, 3.8) is 0 Å². The summed E-state index contributed by atoms with van der Waals surface area (Å²) in [5.41, 5.74) is 2.69. The molecule has 2 aromatic rings. The molecule has 5 fully saturated rings. The zero-order valence-corrected chi connectivity index (χ0v) is 28.8. The lowest BCUT2D eigenvalue weighted by molar-refractivity contribution is -0.343. The summed E-state index contributed by atoms with van der Waals surface area (Å²) in [6.45, 7) is 16.7. The van der Waals surface area contributed by atoms with Crippen LogP contribution in [0.5, 0.6) is 0 Å². The number of alkyl halides is 1. The number of H-pyrrole nitrogens is 1. The summed E-state index contributed by atoms with van der Waals surface area (Å²) < 4.78 is 26.7. The molecule has 3 aliphatic carbocycles. The SMILES string of the molecule is CC(C)=C[C@H]1O[C@H]2[C@H]3O[C@@]34[C@H](CC[C@@]3(C)[C@@]4(O)CC[C@H]4Cc5c([nH]c6cccc(C[C@H](O)C(C)(C)Cl)c56)[C@@]43C)O[C@@H]2C(C)(C)O1. The van der Waals surface area contributed by atoms with Gasteiger partial charge < -0.3 is 34.1 Å². The topological polar surface area (TPSA) is 96.5 Å². The third kappa shape index (κ3) is 3.81. The third-order valence-electron chi connectivity index (χ3n) is 13.4. The molecule has 0 bridgehead atoms. The predicted molar refractivity (Wildman–Crippen MR) is 174 cm³/mol. The normalized spacial score (nSPS) is 45.0. The Hall–Kier alpha value is -1.45. The summed E-state index contributed by atoms with van der Waals surface area (Å²) in [6, 6.07) is 6.34. The molecular formula is C37H50ClNO6. The van der Waals surface area contributed by atoms with E-state index in [2.05, 4.69) is 50.9 Å².